The van der Waals surface area contributed by atoms with E-state index in [1.807, 2.05) is 31.2 Å². The third-order valence-electron chi connectivity index (χ3n) is 4.45. The van der Waals surface area contributed by atoms with Crippen molar-refractivity contribution in [1.29, 1.82) is 0 Å². The van der Waals surface area contributed by atoms with Gasteiger partial charge in [0, 0.05) is 16.6 Å². The van der Waals surface area contributed by atoms with Gasteiger partial charge < -0.3 is 10.1 Å². The van der Waals surface area contributed by atoms with Crippen LogP contribution in [0.1, 0.15) is 21.7 Å². The second kappa shape index (κ2) is 7.67. The molecule has 0 aliphatic heterocycles. The molecule has 0 saturated carbocycles. The molecule has 0 aliphatic carbocycles. The standard InChI is InChI=1S/C21H18FN5O2/c1-13-9-20(18-10-17(29-2)7-8-19(18)24-13)27-12-16(25-26-27)11-23-21(28)14-3-5-15(22)6-4-14/h3-10,12H,11H2,1-2H3,(H,23,28). The van der Waals surface area contributed by atoms with Gasteiger partial charge in [0.2, 0.25) is 0 Å². The van der Waals surface area contributed by atoms with Crippen LogP contribution in [0.3, 0.4) is 0 Å². The first-order valence-electron chi connectivity index (χ1n) is 8.94. The number of fused-ring (bicyclic) bond motifs is 1. The van der Waals surface area contributed by atoms with Gasteiger partial charge in [0.25, 0.3) is 5.91 Å². The summed E-state index contributed by atoms with van der Waals surface area (Å²) in [4.78, 5) is 16.7. The molecule has 29 heavy (non-hydrogen) atoms. The van der Waals surface area contributed by atoms with Crippen molar-refractivity contribution in [2.75, 3.05) is 7.11 Å². The lowest BCUT2D eigenvalue weighted by Crippen LogP contribution is -2.22. The summed E-state index contributed by atoms with van der Waals surface area (Å²) < 4.78 is 20.0. The monoisotopic (exact) mass is 391 g/mol. The van der Waals surface area contributed by atoms with Gasteiger partial charge in [-0.25, -0.2) is 9.07 Å². The number of hydrogen-bond donors (Lipinski definition) is 1. The summed E-state index contributed by atoms with van der Waals surface area (Å²) in [7, 11) is 1.61. The smallest absolute Gasteiger partial charge is 0.251 e. The molecule has 0 saturated heterocycles. The third-order valence-corrected chi connectivity index (χ3v) is 4.45. The second-order valence-corrected chi connectivity index (χ2v) is 6.51. The number of rotatable bonds is 5. The number of nitrogens with one attached hydrogen (secondary N) is 1. The highest BCUT2D eigenvalue weighted by Gasteiger charge is 2.11. The summed E-state index contributed by atoms with van der Waals surface area (Å²) in [6.45, 7) is 2.11. The van der Waals surface area contributed by atoms with Gasteiger partial charge in [0.15, 0.2) is 0 Å². The van der Waals surface area contributed by atoms with Crippen LogP contribution in [0, 0.1) is 12.7 Å². The Morgan fingerprint density at radius 2 is 1.97 bits per heavy atom. The number of nitrogens with zero attached hydrogens (tertiary/aromatic N) is 4. The van der Waals surface area contributed by atoms with Gasteiger partial charge in [-0.2, -0.15) is 0 Å². The molecule has 4 aromatic rings. The zero-order valence-electron chi connectivity index (χ0n) is 15.9. The first kappa shape index (κ1) is 18.5. The van der Waals surface area contributed by atoms with E-state index >= 15 is 0 Å². The average Bonchev–Trinajstić information content (AvgIpc) is 3.20. The van der Waals surface area contributed by atoms with Crippen molar-refractivity contribution in [2.45, 2.75) is 13.5 Å². The number of methoxy groups -OCH3 is 1. The number of aromatic nitrogens is 4. The molecule has 8 heteroatoms. The van der Waals surface area contributed by atoms with E-state index in [-0.39, 0.29) is 18.3 Å². The Balaban J connectivity index is 1.57. The molecule has 2 aromatic carbocycles. The number of pyridine rings is 1. The van der Waals surface area contributed by atoms with Crippen molar-refractivity contribution < 1.29 is 13.9 Å². The van der Waals surface area contributed by atoms with Crippen molar-refractivity contribution >= 4 is 16.8 Å². The van der Waals surface area contributed by atoms with E-state index in [4.69, 9.17) is 4.74 Å². The lowest BCUT2D eigenvalue weighted by molar-refractivity contribution is 0.0950. The maximum Gasteiger partial charge on any atom is 0.251 e. The van der Waals surface area contributed by atoms with Crippen LogP contribution in [0.2, 0.25) is 0 Å². The van der Waals surface area contributed by atoms with Gasteiger partial charge in [-0.3, -0.25) is 9.78 Å². The van der Waals surface area contributed by atoms with Crippen molar-refractivity contribution in [3.63, 3.8) is 0 Å². The molecule has 4 rings (SSSR count). The summed E-state index contributed by atoms with van der Waals surface area (Å²) in [6, 6.07) is 12.9. The Kier molecular flexibility index (Phi) is 4.90. The Hall–Kier alpha value is -3.81. The summed E-state index contributed by atoms with van der Waals surface area (Å²) in [5.74, 6) is 0.0202. The minimum atomic E-state index is -0.388. The average molecular weight is 391 g/mol. The molecule has 1 amide bonds. The minimum absolute atomic E-state index is 0.196. The summed E-state index contributed by atoms with van der Waals surface area (Å²) in [6.07, 6.45) is 1.75. The molecule has 2 aromatic heterocycles. The van der Waals surface area contributed by atoms with Crippen LogP contribution in [-0.2, 0) is 6.54 Å². The minimum Gasteiger partial charge on any atom is -0.497 e. The highest BCUT2D eigenvalue weighted by molar-refractivity contribution is 5.94. The second-order valence-electron chi connectivity index (χ2n) is 6.51. The SMILES string of the molecule is COc1ccc2nc(C)cc(-n3cc(CNC(=O)c4ccc(F)cc4)nn3)c2c1. The Bertz CT molecular complexity index is 1190. The highest BCUT2D eigenvalue weighted by Crippen LogP contribution is 2.26. The van der Waals surface area contributed by atoms with Gasteiger partial charge in [-0.05, 0) is 55.5 Å². The Labute approximate surface area is 166 Å². The van der Waals surface area contributed by atoms with E-state index in [0.29, 0.717) is 11.3 Å². The third kappa shape index (κ3) is 3.91. The largest absolute Gasteiger partial charge is 0.497 e. The summed E-state index contributed by atoms with van der Waals surface area (Å²) in [5.41, 5.74) is 3.45. The number of aryl methyl sites for hydroxylation is 1. The molecular weight excluding hydrogens is 373 g/mol. The van der Waals surface area contributed by atoms with Gasteiger partial charge in [-0.1, -0.05) is 5.21 Å². The summed E-state index contributed by atoms with van der Waals surface area (Å²) >= 11 is 0. The molecule has 0 fully saturated rings. The first-order valence-corrected chi connectivity index (χ1v) is 8.94. The van der Waals surface area contributed by atoms with Crippen molar-refractivity contribution in [3.8, 4) is 11.4 Å². The van der Waals surface area contributed by atoms with Crippen LogP contribution in [-0.4, -0.2) is 33.0 Å². The lowest BCUT2D eigenvalue weighted by Gasteiger charge is -2.09. The van der Waals surface area contributed by atoms with Crippen molar-refractivity contribution in [3.05, 3.63) is 77.5 Å². The molecule has 0 spiro atoms. The van der Waals surface area contributed by atoms with E-state index in [1.54, 1.807) is 18.0 Å². The van der Waals surface area contributed by atoms with Gasteiger partial charge in [0.05, 0.1) is 31.1 Å². The highest BCUT2D eigenvalue weighted by atomic mass is 19.1. The first-order chi connectivity index (χ1) is 14.0. The zero-order valence-corrected chi connectivity index (χ0v) is 15.9. The molecule has 0 unspecified atom stereocenters. The number of carbonyl (C=O) groups excluding carboxylic acids is 1. The fourth-order valence-corrected chi connectivity index (χ4v) is 3.00. The van der Waals surface area contributed by atoms with Crippen LogP contribution in [0.5, 0.6) is 5.75 Å². The van der Waals surface area contributed by atoms with Crippen molar-refractivity contribution in [2.24, 2.45) is 0 Å². The van der Waals surface area contributed by atoms with Crippen molar-refractivity contribution in [1.82, 2.24) is 25.3 Å². The maximum atomic E-state index is 13.0. The molecular formula is C21H18FN5O2. The maximum absolute atomic E-state index is 13.0. The number of hydrogen-bond acceptors (Lipinski definition) is 5. The van der Waals surface area contributed by atoms with Crippen LogP contribution < -0.4 is 10.1 Å². The fourth-order valence-electron chi connectivity index (χ4n) is 3.00. The van der Waals surface area contributed by atoms with Crippen LogP contribution >= 0.6 is 0 Å². The molecule has 2 heterocycles. The van der Waals surface area contributed by atoms with Crippen LogP contribution in [0.25, 0.3) is 16.6 Å². The number of ether oxygens (including phenoxy) is 1. The van der Waals surface area contributed by atoms with E-state index < -0.39 is 0 Å². The quantitative estimate of drug-likeness (QED) is 0.565. The Morgan fingerprint density at radius 3 is 2.72 bits per heavy atom. The topological polar surface area (TPSA) is 81.9 Å². The number of benzene rings is 2. The number of amides is 1. The molecule has 0 atom stereocenters. The van der Waals surface area contributed by atoms with E-state index in [1.165, 1.54) is 24.3 Å². The number of halogens is 1. The molecule has 7 nitrogen and oxygen atoms in total. The Morgan fingerprint density at radius 1 is 1.17 bits per heavy atom. The fraction of sp³-hybridized carbons (Fsp3) is 0.143. The number of carbonyl (C=O) groups is 1. The summed E-state index contributed by atoms with van der Waals surface area (Å²) in [5, 5.41) is 12.0. The zero-order chi connectivity index (χ0) is 20.4. The normalized spacial score (nSPS) is 10.9. The molecule has 0 bridgehead atoms. The lowest BCUT2D eigenvalue weighted by atomic mass is 10.1. The molecule has 0 radical (unpaired) electrons. The van der Waals surface area contributed by atoms with E-state index in [0.717, 1.165) is 28.0 Å². The van der Waals surface area contributed by atoms with Crippen LogP contribution in [0.15, 0.2) is 54.7 Å². The molecule has 1 N–H and O–H groups in total. The van der Waals surface area contributed by atoms with E-state index in [2.05, 4.69) is 20.6 Å². The van der Waals surface area contributed by atoms with Gasteiger partial charge in [0.1, 0.15) is 17.3 Å². The molecule has 146 valence electrons. The van der Waals surface area contributed by atoms with E-state index in [9.17, 15) is 9.18 Å². The molecule has 0 aliphatic rings. The van der Waals surface area contributed by atoms with Crippen LogP contribution in [0.4, 0.5) is 4.39 Å². The predicted octanol–water partition coefficient (Wildman–Crippen LogP) is 3.20. The van der Waals surface area contributed by atoms with Gasteiger partial charge >= 0.3 is 0 Å². The predicted molar refractivity (Wildman–Crippen MR) is 106 cm³/mol. The van der Waals surface area contributed by atoms with Gasteiger partial charge in [-0.15, -0.1) is 5.10 Å².